The highest BCUT2D eigenvalue weighted by atomic mass is 79.9. The van der Waals surface area contributed by atoms with Crippen molar-refractivity contribution in [2.24, 2.45) is 7.05 Å². The number of hydrogen-bond donors (Lipinski definition) is 1. The Morgan fingerprint density at radius 2 is 2.25 bits per heavy atom. The van der Waals surface area contributed by atoms with E-state index in [1.165, 1.54) is 17.3 Å². The average molecular weight is 283 g/mol. The Bertz CT molecular complexity index is 574. The van der Waals surface area contributed by atoms with E-state index >= 15 is 0 Å². The number of halogens is 2. The molecule has 0 amide bonds. The molecule has 0 saturated heterocycles. The number of aromatic nitrogens is 1. The van der Waals surface area contributed by atoms with E-state index < -0.39 is 0 Å². The molecule has 3 rings (SSSR count). The number of benzene rings is 1. The minimum Gasteiger partial charge on any atom is -0.345 e. The van der Waals surface area contributed by atoms with Crippen molar-refractivity contribution in [3.05, 3.63) is 33.7 Å². The van der Waals surface area contributed by atoms with Gasteiger partial charge in [0.1, 0.15) is 5.82 Å². The Kier molecular flexibility index (Phi) is 2.30. The van der Waals surface area contributed by atoms with Crippen LogP contribution >= 0.6 is 15.9 Å². The van der Waals surface area contributed by atoms with Gasteiger partial charge in [0.15, 0.2) is 0 Å². The fourth-order valence-electron chi connectivity index (χ4n) is 2.57. The summed E-state index contributed by atoms with van der Waals surface area (Å²) in [7, 11) is 1.95. The predicted molar refractivity (Wildman–Crippen MR) is 66.0 cm³/mol. The van der Waals surface area contributed by atoms with Crippen LogP contribution in [0.5, 0.6) is 0 Å². The van der Waals surface area contributed by atoms with Gasteiger partial charge in [-0.3, -0.25) is 0 Å². The summed E-state index contributed by atoms with van der Waals surface area (Å²) >= 11 is 3.35. The van der Waals surface area contributed by atoms with Crippen LogP contribution in [0.2, 0.25) is 0 Å². The lowest BCUT2D eigenvalue weighted by Gasteiger charge is -2.14. The lowest BCUT2D eigenvalue weighted by molar-refractivity contribution is 0.612. The van der Waals surface area contributed by atoms with Crippen LogP contribution in [0.15, 0.2) is 16.6 Å². The summed E-state index contributed by atoms with van der Waals surface area (Å²) in [5, 5.41) is 4.36. The molecule has 0 radical (unpaired) electrons. The lowest BCUT2D eigenvalue weighted by Crippen LogP contribution is -2.24. The van der Waals surface area contributed by atoms with Crippen molar-refractivity contribution in [2.75, 3.05) is 6.54 Å². The largest absolute Gasteiger partial charge is 0.345 e. The molecular formula is C12H12BrFN2. The minimum atomic E-state index is -0.152. The first-order chi connectivity index (χ1) is 7.68. The molecule has 0 spiro atoms. The Hall–Kier alpha value is -0.870. The van der Waals surface area contributed by atoms with Gasteiger partial charge in [-0.25, -0.2) is 4.39 Å². The van der Waals surface area contributed by atoms with Gasteiger partial charge in [-0.2, -0.15) is 0 Å². The zero-order valence-corrected chi connectivity index (χ0v) is 10.6. The first kappa shape index (κ1) is 10.3. The number of nitrogens with one attached hydrogen (secondary N) is 1. The SMILES string of the molecule is Cn1c2c(c3cc(Br)cc(F)c31)CNCC2. The molecule has 0 unspecified atom stereocenters. The molecule has 2 nitrogen and oxygen atoms in total. The Balaban J connectivity index is 2.44. The molecular weight excluding hydrogens is 271 g/mol. The van der Waals surface area contributed by atoms with Crippen LogP contribution in [0.4, 0.5) is 4.39 Å². The first-order valence-electron chi connectivity index (χ1n) is 5.34. The lowest BCUT2D eigenvalue weighted by atomic mass is 10.1. The summed E-state index contributed by atoms with van der Waals surface area (Å²) in [6.07, 6.45) is 0.970. The second-order valence-electron chi connectivity index (χ2n) is 4.19. The van der Waals surface area contributed by atoms with Crippen LogP contribution in [-0.4, -0.2) is 11.1 Å². The van der Waals surface area contributed by atoms with Crippen LogP contribution in [0.1, 0.15) is 11.3 Å². The van der Waals surface area contributed by atoms with Crippen LogP contribution in [0.3, 0.4) is 0 Å². The summed E-state index contributed by atoms with van der Waals surface area (Å²) < 4.78 is 16.7. The summed E-state index contributed by atoms with van der Waals surface area (Å²) in [4.78, 5) is 0. The highest BCUT2D eigenvalue weighted by Crippen LogP contribution is 2.31. The third-order valence-corrected chi connectivity index (χ3v) is 3.74. The average Bonchev–Trinajstić information content (AvgIpc) is 2.54. The highest BCUT2D eigenvalue weighted by molar-refractivity contribution is 9.10. The van der Waals surface area contributed by atoms with Gasteiger partial charge < -0.3 is 9.88 Å². The number of fused-ring (bicyclic) bond motifs is 3. The number of rotatable bonds is 0. The van der Waals surface area contributed by atoms with Crippen molar-refractivity contribution in [3.8, 4) is 0 Å². The second kappa shape index (κ2) is 3.57. The van der Waals surface area contributed by atoms with E-state index in [2.05, 4.69) is 21.2 Å². The molecule has 0 bridgehead atoms. The fourth-order valence-corrected chi connectivity index (χ4v) is 3.00. The maximum Gasteiger partial charge on any atom is 0.148 e. The molecule has 84 valence electrons. The van der Waals surface area contributed by atoms with Gasteiger partial charge in [0.25, 0.3) is 0 Å². The summed E-state index contributed by atoms with van der Waals surface area (Å²) in [5.41, 5.74) is 3.21. The van der Waals surface area contributed by atoms with E-state index in [0.29, 0.717) is 0 Å². The standard InChI is InChI=1S/C12H12BrFN2/c1-16-11-2-3-15-6-9(11)8-4-7(13)5-10(14)12(8)16/h4-5,15H,2-3,6H2,1H3. The molecule has 16 heavy (non-hydrogen) atoms. The fraction of sp³-hybridized carbons (Fsp3) is 0.333. The topological polar surface area (TPSA) is 17.0 Å². The summed E-state index contributed by atoms with van der Waals surface area (Å²) in [5.74, 6) is -0.152. The normalized spacial score (nSPS) is 15.4. The third-order valence-electron chi connectivity index (χ3n) is 3.28. The number of nitrogens with zero attached hydrogens (tertiary/aromatic N) is 1. The molecule has 1 aromatic heterocycles. The zero-order chi connectivity index (χ0) is 11.3. The molecule has 0 atom stereocenters. The van der Waals surface area contributed by atoms with Gasteiger partial charge in [0.05, 0.1) is 5.52 Å². The maximum atomic E-state index is 13.9. The van der Waals surface area contributed by atoms with Crippen LogP contribution in [0.25, 0.3) is 10.9 Å². The van der Waals surface area contributed by atoms with Crippen molar-refractivity contribution >= 4 is 26.8 Å². The van der Waals surface area contributed by atoms with Crippen molar-refractivity contribution < 1.29 is 4.39 Å². The molecule has 2 aromatic rings. The molecule has 4 heteroatoms. The van der Waals surface area contributed by atoms with E-state index in [9.17, 15) is 4.39 Å². The quantitative estimate of drug-likeness (QED) is 0.786. The van der Waals surface area contributed by atoms with E-state index in [0.717, 1.165) is 34.9 Å². The van der Waals surface area contributed by atoms with E-state index in [1.807, 2.05) is 17.7 Å². The smallest absolute Gasteiger partial charge is 0.148 e. The van der Waals surface area contributed by atoms with Crippen molar-refractivity contribution in [2.45, 2.75) is 13.0 Å². The van der Waals surface area contributed by atoms with Crippen LogP contribution < -0.4 is 5.32 Å². The first-order valence-corrected chi connectivity index (χ1v) is 6.13. The molecule has 0 fully saturated rings. The highest BCUT2D eigenvalue weighted by Gasteiger charge is 2.20. The van der Waals surface area contributed by atoms with Crippen LogP contribution in [-0.2, 0) is 20.0 Å². The van der Waals surface area contributed by atoms with Gasteiger partial charge in [-0.05, 0) is 17.7 Å². The van der Waals surface area contributed by atoms with Gasteiger partial charge in [0.2, 0.25) is 0 Å². The van der Waals surface area contributed by atoms with Gasteiger partial charge in [-0.1, -0.05) is 15.9 Å². The van der Waals surface area contributed by atoms with Crippen molar-refractivity contribution in [3.63, 3.8) is 0 Å². The molecule has 1 aliphatic heterocycles. The molecule has 1 N–H and O–H groups in total. The van der Waals surface area contributed by atoms with E-state index in [4.69, 9.17) is 0 Å². The van der Waals surface area contributed by atoms with Gasteiger partial charge >= 0.3 is 0 Å². The Morgan fingerprint density at radius 3 is 3.06 bits per heavy atom. The maximum absolute atomic E-state index is 13.9. The number of aryl methyl sites for hydroxylation is 1. The molecule has 0 saturated carbocycles. The summed E-state index contributed by atoms with van der Waals surface area (Å²) in [6.45, 7) is 1.81. The molecule has 1 aromatic carbocycles. The zero-order valence-electron chi connectivity index (χ0n) is 8.98. The second-order valence-corrected chi connectivity index (χ2v) is 5.11. The van der Waals surface area contributed by atoms with Crippen LogP contribution in [0, 0.1) is 5.82 Å². The Morgan fingerprint density at radius 1 is 1.44 bits per heavy atom. The van der Waals surface area contributed by atoms with Gasteiger partial charge in [-0.15, -0.1) is 0 Å². The van der Waals surface area contributed by atoms with E-state index in [-0.39, 0.29) is 5.82 Å². The summed E-state index contributed by atoms with van der Waals surface area (Å²) in [6, 6.07) is 3.53. The molecule has 0 aliphatic carbocycles. The predicted octanol–water partition coefficient (Wildman–Crippen LogP) is 2.73. The Labute approximate surface area is 102 Å². The minimum absolute atomic E-state index is 0.152. The number of hydrogen-bond acceptors (Lipinski definition) is 1. The van der Waals surface area contributed by atoms with Crippen molar-refractivity contribution in [1.29, 1.82) is 0 Å². The van der Waals surface area contributed by atoms with Crippen molar-refractivity contribution in [1.82, 2.24) is 9.88 Å². The van der Waals surface area contributed by atoms with Gasteiger partial charge in [0, 0.05) is 42.1 Å². The molecule has 2 heterocycles. The molecule has 1 aliphatic rings. The third kappa shape index (κ3) is 1.33. The van der Waals surface area contributed by atoms with E-state index in [1.54, 1.807) is 0 Å². The monoisotopic (exact) mass is 282 g/mol.